The summed E-state index contributed by atoms with van der Waals surface area (Å²) in [6.45, 7) is 10.3. The van der Waals surface area contributed by atoms with Crippen LogP contribution in [-0.2, 0) is 16.0 Å². The third kappa shape index (κ3) is 2.65. The first kappa shape index (κ1) is 16.9. The summed E-state index contributed by atoms with van der Waals surface area (Å²) in [4.78, 5) is 29.2. The first-order chi connectivity index (χ1) is 9.96. The van der Waals surface area contributed by atoms with Gasteiger partial charge in [0, 0.05) is 11.1 Å². The van der Waals surface area contributed by atoms with Crippen molar-refractivity contribution in [2.75, 3.05) is 5.73 Å². The average molecular weight is 342 g/mol. The van der Waals surface area contributed by atoms with Crippen molar-refractivity contribution in [3.05, 3.63) is 11.1 Å². The van der Waals surface area contributed by atoms with Crippen LogP contribution in [-0.4, -0.2) is 40.8 Å². The van der Waals surface area contributed by atoms with E-state index in [0.29, 0.717) is 11.6 Å². The van der Waals surface area contributed by atoms with Gasteiger partial charge < -0.3 is 15.4 Å². The molecule has 2 rings (SSSR count). The summed E-state index contributed by atoms with van der Waals surface area (Å²) in [5, 5.41) is 9.95. The minimum absolute atomic E-state index is 0.0500. The number of thiazole rings is 1. The van der Waals surface area contributed by atoms with Crippen LogP contribution >= 0.6 is 11.3 Å². The number of carboxylic acid groups (broad SMARTS) is 1. The first-order valence-electron chi connectivity index (χ1n) is 7.23. The van der Waals surface area contributed by atoms with Crippen molar-refractivity contribution in [2.45, 2.75) is 51.4 Å². The van der Waals surface area contributed by atoms with Gasteiger partial charge in [-0.15, -0.1) is 11.3 Å². The third-order valence-corrected chi connectivity index (χ3v) is 11.1. The number of rotatable bonds is 4. The Hall–Kier alpha value is -1.41. The number of anilines is 1. The lowest BCUT2D eigenvalue weighted by Crippen LogP contribution is -2.75. The summed E-state index contributed by atoms with van der Waals surface area (Å²) in [5.74, 6) is -1.48. The number of carbonyl (C=O) groups is 2. The summed E-state index contributed by atoms with van der Waals surface area (Å²) in [6.07, 6.45) is 2.02. The van der Waals surface area contributed by atoms with Gasteiger partial charge in [-0.05, 0) is 11.5 Å². The van der Waals surface area contributed by atoms with Crippen molar-refractivity contribution >= 4 is 36.6 Å². The van der Waals surface area contributed by atoms with Crippen molar-refractivity contribution in [3.63, 3.8) is 0 Å². The molecule has 22 heavy (non-hydrogen) atoms. The highest BCUT2D eigenvalue weighted by Crippen LogP contribution is 2.45. The van der Waals surface area contributed by atoms with Gasteiger partial charge in [0.1, 0.15) is 6.04 Å². The summed E-state index contributed by atoms with van der Waals surface area (Å²) >= 11 is 1.31. The molecule has 0 radical (unpaired) electrons. The second kappa shape index (κ2) is 5.34. The van der Waals surface area contributed by atoms with Crippen LogP contribution in [0.15, 0.2) is 6.20 Å². The van der Waals surface area contributed by atoms with E-state index in [2.05, 4.69) is 38.8 Å². The SMILES string of the molecule is CC(C)(C)[Si](C)(C)N1C(=O)[C@H](Cc2cnc(N)s2)[C@H]1C(=O)O. The van der Waals surface area contributed by atoms with Crippen LogP contribution in [0, 0.1) is 5.92 Å². The van der Waals surface area contributed by atoms with Gasteiger partial charge in [0.2, 0.25) is 5.91 Å². The molecule has 0 saturated carbocycles. The molecule has 8 heteroatoms. The van der Waals surface area contributed by atoms with Gasteiger partial charge in [0.05, 0.1) is 5.92 Å². The number of carboxylic acids is 1. The highest BCUT2D eigenvalue weighted by atomic mass is 32.1. The zero-order valence-corrected chi connectivity index (χ0v) is 15.4. The van der Waals surface area contributed by atoms with E-state index >= 15 is 0 Å². The standard InChI is InChI=1S/C14H23N3O3SSi/c1-14(2,3)22(4,5)17-10(12(19)20)9(11(17)18)6-8-7-16-13(15)21-8/h7,9-10H,6H2,1-5H3,(H2,15,16)(H,19,20)/t9-,10+/m1/s1. The lowest BCUT2D eigenvalue weighted by molar-refractivity contribution is -0.163. The van der Waals surface area contributed by atoms with Gasteiger partial charge in [-0.3, -0.25) is 4.79 Å². The first-order valence-corrected chi connectivity index (χ1v) is 11.0. The average Bonchev–Trinajstić information content (AvgIpc) is 2.76. The number of aromatic nitrogens is 1. The van der Waals surface area contributed by atoms with Gasteiger partial charge in [0.15, 0.2) is 13.4 Å². The number of carbonyl (C=O) groups excluding carboxylic acids is 1. The normalized spacial score (nSPS) is 22.6. The topological polar surface area (TPSA) is 96.5 Å². The van der Waals surface area contributed by atoms with E-state index in [1.165, 1.54) is 11.3 Å². The molecule has 2 atom stereocenters. The molecule has 1 amide bonds. The predicted octanol–water partition coefficient (Wildman–Crippen LogP) is 2.18. The molecule has 3 N–H and O–H groups in total. The minimum Gasteiger partial charge on any atom is -0.480 e. The maximum Gasteiger partial charge on any atom is 0.326 e. The molecule has 1 fully saturated rings. The molecule has 0 spiro atoms. The molecular formula is C14H23N3O3SSi. The minimum atomic E-state index is -2.20. The second-order valence-electron chi connectivity index (χ2n) is 7.28. The molecule has 0 bridgehead atoms. The third-order valence-electron chi connectivity index (χ3n) is 4.90. The number of β-lactam (4-membered cyclic amide) rings is 1. The van der Waals surface area contributed by atoms with Crippen LogP contribution in [0.3, 0.4) is 0 Å². The van der Waals surface area contributed by atoms with E-state index in [4.69, 9.17) is 5.73 Å². The lowest BCUT2D eigenvalue weighted by atomic mass is 9.87. The Labute approximate surface area is 135 Å². The summed E-state index contributed by atoms with van der Waals surface area (Å²) < 4.78 is 1.66. The van der Waals surface area contributed by atoms with E-state index in [-0.39, 0.29) is 10.9 Å². The molecule has 1 aromatic heterocycles. The van der Waals surface area contributed by atoms with Crippen LogP contribution in [0.25, 0.3) is 0 Å². The zero-order valence-electron chi connectivity index (χ0n) is 13.6. The Balaban J connectivity index is 2.26. The lowest BCUT2D eigenvalue weighted by Gasteiger charge is -2.56. The molecule has 1 aliphatic rings. The Bertz CT molecular complexity index is 609. The molecule has 0 unspecified atom stereocenters. The van der Waals surface area contributed by atoms with E-state index in [0.717, 1.165) is 4.88 Å². The summed E-state index contributed by atoms with van der Waals surface area (Å²) in [5.41, 5.74) is 5.60. The van der Waals surface area contributed by atoms with Gasteiger partial charge in [-0.1, -0.05) is 33.9 Å². The number of hydrogen-bond acceptors (Lipinski definition) is 5. The molecule has 1 aliphatic heterocycles. The Kier molecular flexibility index (Phi) is 4.12. The maximum atomic E-state index is 12.6. The Morgan fingerprint density at radius 1 is 1.50 bits per heavy atom. The Morgan fingerprint density at radius 3 is 2.50 bits per heavy atom. The van der Waals surface area contributed by atoms with Crippen molar-refractivity contribution in [3.8, 4) is 0 Å². The summed E-state index contributed by atoms with van der Waals surface area (Å²) in [7, 11) is -2.20. The smallest absolute Gasteiger partial charge is 0.326 e. The maximum absolute atomic E-state index is 12.6. The molecule has 122 valence electrons. The highest BCUT2D eigenvalue weighted by molar-refractivity contribution is 7.15. The fourth-order valence-electron chi connectivity index (χ4n) is 2.65. The van der Waals surface area contributed by atoms with Crippen LogP contribution in [0.1, 0.15) is 25.6 Å². The van der Waals surface area contributed by atoms with E-state index in [1.54, 1.807) is 10.8 Å². The second-order valence-corrected chi connectivity index (χ2v) is 13.5. The molecule has 1 saturated heterocycles. The largest absolute Gasteiger partial charge is 0.480 e. The molecule has 2 heterocycles. The number of hydrogen-bond donors (Lipinski definition) is 2. The Morgan fingerprint density at radius 2 is 2.09 bits per heavy atom. The molecule has 0 aliphatic carbocycles. The van der Waals surface area contributed by atoms with E-state index in [9.17, 15) is 14.7 Å². The van der Waals surface area contributed by atoms with Crippen LogP contribution < -0.4 is 5.73 Å². The quantitative estimate of drug-likeness (QED) is 0.646. The van der Waals surface area contributed by atoms with Crippen LogP contribution in [0.4, 0.5) is 5.13 Å². The van der Waals surface area contributed by atoms with Gasteiger partial charge >= 0.3 is 5.97 Å². The fraction of sp³-hybridized carbons (Fsp3) is 0.643. The number of nitrogen functional groups attached to an aromatic ring is 1. The number of nitrogens with two attached hydrogens (primary N) is 1. The van der Waals surface area contributed by atoms with Crippen molar-refractivity contribution in [1.82, 2.24) is 9.55 Å². The van der Waals surface area contributed by atoms with Gasteiger partial charge in [0.25, 0.3) is 0 Å². The molecule has 0 aromatic carbocycles. The van der Waals surface area contributed by atoms with Crippen LogP contribution in [0.2, 0.25) is 18.1 Å². The zero-order chi connectivity index (χ0) is 16.9. The number of aliphatic carboxylic acids is 1. The van der Waals surface area contributed by atoms with Gasteiger partial charge in [-0.25, -0.2) is 9.78 Å². The van der Waals surface area contributed by atoms with E-state index < -0.39 is 26.2 Å². The number of nitrogens with zero attached hydrogens (tertiary/aromatic N) is 2. The van der Waals surface area contributed by atoms with Crippen molar-refractivity contribution in [1.29, 1.82) is 0 Å². The van der Waals surface area contributed by atoms with Crippen LogP contribution in [0.5, 0.6) is 0 Å². The van der Waals surface area contributed by atoms with Gasteiger partial charge in [-0.2, -0.15) is 0 Å². The van der Waals surface area contributed by atoms with E-state index in [1.807, 2.05) is 0 Å². The number of amides is 1. The molecule has 6 nitrogen and oxygen atoms in total. The monoisotopic (exact) mass is 341 g/mol. The highest BCUT2D eigenvalue weighted by Gasteiger charge is 2.59. The molecule has 1 aromatic rings. The van der Waals surface area contributed by atoms with Crippen molar-refractivity contribution < 1.29 is 14.7 Å². The molecular weight excluding hydrogens is 318 g/mol. The fourth-order valence-corrected chi connectivity index (χ4v) is 5.82. The predicted molar refractivity (Wildman–Crippen MR) is 89.2 cm³/mol. The van der Waals surface area contributed by atoms with Crippen molar-refractivity contribution in [2.24, 2.45) is 5.92 Å². The summed E-state index contributed by atoms with van der Waals surface area (Å²) in [6, 6.07) is -0.739.